The first-order valence-corrected chi connectivity index (χ1v) is 27.3. The number of hydrogen-bond donors (Lipinski definition) is 0. The maximum absolute atomic E-state index is 6.78. The van der Waals surface area contributed by atoms with Crippen LogP contribution in [0.25, 0.3) is 0 Å². The van der Waals surface area contributed by atoms with Crippen LogP contribution in [0.2, 0.25) is 77.6 Å². The molecule has 0 heterocycles. The maximum atomic E-state index is 6.78. The molecular weight excluding hydrogens is 485 g/mol. The van der Waals surface area contributed by atoms with E-state index in [1.54, 1.807) is 14.2 Å². The maximum Gasteiger partial charge on any atom is 0.469 e. The molecule has 0 radical (unpaired) electrons. The van der Waals surface area contributed by atoms with Gasteiger partial charge in [0.2, 0.25) is 0 Å². The number of rotatable bonds is 19. The summed E-state index contributed by atoms with van der Waals surface area (Å²) in [5, 5.41) is 0. The molecule has 0 aliphatic carbocycles. The van der Waals surface area contributed by atoms with Crippen molar-refractivity contribution in [2.75, 3.05) is 14.2 Å². The molecule has 0 amide bonds. The van der Waals surface area contributed by atoms with E-state index in [-0.39, 0.29) is 0 Å². The van der Waals surface area contributed by atoms with Gasteiger partial charge in [-0.25, -0.2) is 0 Å². The van der Waals surface area contributed by atoms with Crippen LogP contribution < -0.4 is 0 Å². The lowest BCUT2D eigenvalue weighted by Gasteiger charge is -2.43. The van der Waals surface area contributed by atoms with E-state index in [9.17, 15) is 0 Å². The molecule has 0 aliphatic heterocycles. The SMILES string of the molecule is CO[Si](C)(CCCCCCCCCC[Si](O[Si](C)(C)C)(O[Si](C)(C)C)O[Si](C)(C)C)OC. The summed E-state index contributed by atoms with van der Waals surface area (Å²) in [6, 6.07) is 2.07. The highest BCUT2D eigenvalue weighted by atomic mass is 28.5. The van der Waals surface area contributed by atoms with Crippen LogP contribution in [0.3, 0.4) is 0 Å². The van der Waals surface area contributed by atoms with E-state index < -0.39 is 42.3 Å². The Balaban J connectivity index is 4.52. The van der Waals surface area contributed by atoms with E-state index in [4.69, 9.17) is 21.2 Å². The van der Waals surface area contributed by atoms with E-state index >= 15 is 0 Å². The molecule has 0 N–H and O–H groups in total. The molecule has 0 aliphatic rings. The zero-order valence-electron chi connectivity index (χ0n) is 23.6. The van der Waals surface area contributed by atoms with E-state index in [1.165, 1.54) is 44.9 Å². The van der Waals surface area contributed by atoms with Crippen molar-refractivity contribution in [2.24, 2.45) is 0 Å². The third-order valence-electron chi connectivity index (χ3n) is 5.11. The van der Waals surface area contributed by atoms with Crippen LogP contribution in [-0.2, 0) is 21.2 Å². The minimum absolute atomic E-state index is 0.975. The Morgan fingerprint density at radius 3 is 0.969 bits per heavy atom. The summed E-state index contributed by atoms with van der Waals surface area (Å²) in [5.74, 6) is 0. The Morgan fingerprint density at radius 1 is 0.406 bits per heavy atom. The highest BCUT2D eigenvalue weighted by Gasteiger charge is 2.49. The molecule has 32 heavy (non-hydrogen) atoms. The van der Waals surface area contributed by atoms with Crippen molar-refractivity contribution in [3.63, 3.8) is 0 Å². The predicted octanol–water partition coefficient (Wildman–Crippen LogP) is 7.97. The molecule has 0 fully saturated rings. The van der Waals surface area contributed by atoms with E-state index in [2.05, 4.69) is 65.5 Å². The van der Waals surface area contributed by atoms with Gasteiger partial charge in [-0.2, -0.15) is 0 Å². The monoisotopic (exact) mass is 540 g/mol. The van der Waals surface area contributed by atoms with Gasteiger partial charge in [-0.1, -0.05) is 44.9 Å². The molecule has 0 atom stereocenters. The predicted molar refractivity (Wildman–Crippen MR) is 151 cm³/mol. The van der Waals surface area contributed by atoms with Crippen molar-refractivity contribution >= 4 is 42.3 Å². The van der Waals surface area contributed by atoms with Crippen LogP contribution >= 0.6 is 0 Å². The van der Waals surface area contributed by atoms with Gasteiger partial charge in [0.05, 0.1) is 0 Å². The van der Waals surface area contributed by atoms with Gasteiger partial charge in [0, 0.05) is 20.3 Å². The summed E-state index contributed by atoms with van der Waals surface area (Å²) in [4.78, 5) is 0. The molecule has 0 aromatic heterocycles. The Bertz CT molecular complexity index is 456. The number of hydrogen-bond acceptors (Lipinski definition) is 5. The molecule has 0 rings (SSSR count). The van der Waals surface area contributed by atoms with Crippen LogP contribution in [0.15, 0.2) is 0 Å². The molecule has 0 saturated heterocycles. The van der Waals surface area contributed by atoms with Gasteiger partial charge >= 0.3 is 17.4 Å². The Labute approximate surface area is 206 Å². The Kier molecular flexibility index (Phi) is 14.8. The molecule has 0 aromatic rings. The van der Waals surface area contributed by atoms with Crippen molar-refractivity contribution in [1.29, 1.82) is 0 Å². The highest BCUT2D eigenvalue weighted by molar-refractivity contribution is 6.90. The molecule has 0 spiro atoms. The van der Waals surface area contributed by atoms with Crippen molar-refractivity contribution in [3.8, 4) is 0 Å². The third kappa shape index (κ3) is 17.3. The first-order chi connectivity index (χ1) is 14.4. The summed E-state index contributed by atoms with van der Waals surface area (Å²) in [7, 11) is -6.25. The molecule has 0 aromatic carbocycles. The Morgan fingerprint density at radius 2 is 0.688 bits per heavy atom. The van der Waals surface area contributed by atoms with E-state index in [1.807, 2.05) is 0 Å². The molecule has 194 valence electrons. The first kappa shape index (κ1) is 32.9. The fourth-order valence-electron chi connectivity index (χ4n) is 3.75. The standard InChI is InChI=1S/C22H56O5Si5/c1-23-31(12,24-2)21-19-17-15-13-14-16-18-20-22-32(25-28(3,4)5,26-29(6,7)8)27-30(9,10)11/h13-22H2,1-12H3. The lowest BCUT2D eigenvalue weighted by molar-refractivity contribution is 0.247. The fraction of sp³-hybridized carbons (Fsp3) is 1.00. The van der Waals surface area contributed by atoms with E-state index in [0.717, 1.165) is 18.5 Å². The molecule has 10 heteroatoms. The fourth-order valence-corrected chi connectivity index (χ4v) is 19.9. The van der Waals surface area contributed by atoms with Gasteiger partial charge in [0.25, 0.3) is 0 Å². The zero-order valence-corrected chi connectivity index (χ0v) is 28.6. The second kappa shape index (κ2) is 14.4. The lowest BCUT2D eigenvalue weighted by Crippen LogP contribution is -2.60. The lowest BCUT2D eigenvalue weighted by atomic mass is 10.1. The summed E-state index contributed by atoms with van der Waals surface area (Å²) in [6.07, 6.45) is 10.1. The number of unbranched alkanes of at least 4 members (excludes halogenated alkanes) is 7. The van der Waals surface area contributed by atoms with E-state index in [0.29, 0.717) is 0 Å². The third-order valence-corrected chi connectivity index (χ3v) is 20.1. The normalized spacial score (nSPS) is 14.2. The van der Waals surface area contributed by atoms with Crippen LogP contribution in [0, 0.1) is 0 Å². The van der Waals surface area contributed by atoms with Crippen LogP contribution in [0.1, 0.15) is 51.4 Å². The molecule has 5 nitrogen and oxygen atoms in total. The van der Waals surface area contributed by atoms with Gasteiger partial charge in [-0.15, -0.1) is 0 Å². The summed E-state index contributed by atoms with van der Waals surface area (Å²) < 4.78 is 31.5. The van der Waals surface area contributed by atoms with Gasteiger partial charge in [0.15, 0.2) is 25.0 Å². The van der Waals surface area contributed by atoms with Crippen molar-refractivity contribution in [2.45, 2.75) is 129 Å². The summed E-state index contributed by atoms with van der Waals surface area (Å²) in [5.41, 5.74) is 0. The molecular formula is C22H56O5Si5. The average molecular weight is 541 g/mol. The van der Waals surface area contributed by atoms with Crippen molar-refractivity contribution in [3.05, 3.63) is 0 Å². The minimum Gasteiger partial charge on any atom is -0.417 e. The smallest absolute Gasteiger partial charge is 0.417 e. The minimum atomic E-state index is -2.65. The topological polar surface area (TPSA) is 46.2 Å². The van der Waals surface area contributed by atoms with Gasteiger partial charge in [-0.05, 0) is 77.9 Å². The van der Waals surface area contributed by atoms with Crippen molar-refractivity contribution < 1.29 is 21.2 Å². The van der Waals surface area contributed by atoms with Crippen LogP contribution in [0.4, 0.5) is 0 Å². The highest BCUT2D eigenvalue weighted by Crippen LogP contribution is 2.30. The molecule has 0 unspecified atom stereocenters. The summed E-state index contributed by atoms with van der Waals surface area (Å²) >= 11 is 0. The first-order valence-electron chi connectivity index (χ1n) is 12.7. The Hall–Kier alpha value is 0.884. The van der Waals surface area contributed by atoms with Gasteiger partial charge < -0.3 is 21.2 Å². The second-order valence-corrected chi connectivity index (χ2v) is 32.8. The second-order valence-electron chi connectivity index (χ2n) is 12.2. The largest absolute Gasteiger partial charge is 0.469 e. The van der Waals surface area contributed by atoms with Crippen molar-refractivity contribution in [1.82, 2.24) is 0 Å². The summed E-state index contributed by atoms with van der Waals surface area (Å²) in [6.45, 7) is 22.5. The van der Waals surface area contributed by atoms with Crippen LogP contribution in [0.5, 0.6) is 0 Å². The van der Waals surface area contributed by atoms with Crippen LogP contribution in [-0.4, -0.2) is 56.5 Å². The molecule has 0 saturated carbocycles. The van der Waals surface area contributed by atoms with Gasteiger partial charge in [-0.3, -0.25) is 0 Å². The van der Waals surface area contributed by atoms with Gasteiger partial charge in [0.1, 0.15) is 0 Å². The zero-order chi connectivity index (χ0) is 25.1. The average Bonchev–Trinajstić information content (AvgIpc) is 2.58. The quantitative estimate of drug-likeness (QED) is 0.123. The molecule has 0 bridgehead atoms.